The van der Waals surface area contributed by atoms with Crippen LogP contribution >= 0.6 is 11.8 Å². The third-order valence-corrected chi connectivity index (χ3v) is 12.3. The molecule has 0 radical (unpaired) electrons. The Kier molecular flexibility index (Phi) is 5.85. The van der Waals surface area contributed by atoms with Gasteiger partial charge in [-0.25, -0.2) is 0 Å². The number of hydrogen-bond acceptors (Lipinski definition) is 5. The number of benzene rings is 6. The van der Waals surface area contributed by atoms with Crippen molar-refractivity contribution >= 4 is 50.6 Å². The second kappa shape index (κ2) is 10.7. The van der Waals surface area contributed by atoms with Gasteiger partial charge in [-0.2, -0.15) is 0 Å². The summed E-state index contributed by atoms with van der Waals surface area (Å²) < 4.78 is 8.90. The Labute approximate surface area is 309 Å². The van der Waals surface area contributed by atoms with Gasteiger partial charge in [-0.05, 0) is 77.9 Å². The Morgan fingerprint density at radius 1 is 0.509 bits per heavy atom. The normalized spacial score (nSPS) is 16.0. The topological polar surface area (TPSA) is 43.2 Å². The molecule has 12 rings (SSSR count). The number of ether oxygens (including phenoxy) is 1. The number of nitrogens with zero attached hydrogens (tertiary/aromatic N) is 4. The van der Waals surface area contributed by atoms with E-state index in [1.807, 2.05) is 48.4 Å². The number of pyridine rings is 2. The number of aromatic nitrogens is 3. The summed E-state index contributed by atoms with van der Waals surface area (Å²) in [6.07, 6.45) is 3.90. The van der Waals surface area contributed by atoms with Crippen LogP contribution in [-0.2, 0) is 5.41 Å². The molecule has 3 aliphatic rings. The van der Waals surface area contributed by atoms with Crippen LogP contribution in [0.5, 0.6) is 11.5 Å². The Morgan fingerprint density at radius 3 is 1.89 bits per heavy atom. The summed E-state index contributed by atoms with van der Waals surface area (Å²) in [6.45, 7) is 0. The molecule has 248 valence electrons. The van der Waals surface area contributed by atoms with Crippen LogP contribution < -0.4 is 9.64 Å². The van der Waals surface area contributed by atoms with E-state index in [1.54, 1.807) is 0 Å². The summed E-state index contributed by atoms with van der Waals surface area (Å²) >= 11 is 1.85. The SMILES string of the molecule is c1ccc2c(c1)Oc1ccccc1N2c1cnc2c(c1)C1(c3ccccc3Sc3cccc(-n4c5ccccc5c5ccccc54)c31)c1cccnc1-2. The lowest BCUT2D eigenvalue weighted by Gasteiger charge is -2.41. The maximum absolute atomic E-state index is 6.43. The maximum atomic E-state index is 6.43. The fourth-order valence-corrected chi connectivity index (χ4v) is 10.3. The van der Waals surface area contributed by atoms with E-state index in [-0.39, 0.29) is 0 Å². The molecule has 0 bridgehead atoms. The van der Waals surface area contributed by atoms with Crippen molar-refractivity contribution in [1.29, 1.82) is 0 Å². The van der Waals surface area contributed by atoms with Crippen LogP contribution in [0.1, 0.15) is 22.3 Å². The van der Waals surface area contributed by atoms with E-state index < -0.39 is 5.41 Å². The van der Waals surface area contributed by atoms with Gasteiger partial charge in [-0.3, -0.25) is 9.97 Å². The zero-order valence-corrected chi connectivity index (χ0v) is 29.1. The molecule has 6 heteroatoms. The zero-order valence-electron chi connectivity index (χ0n) is 28.3. The van der Waals surface area contributed by atoms with E-state index in [4.69, 9.17) is 14.7 Å². The Bertz CT molecular complexity index is 2910. The number of fused-ring (bicyclic) bond motifs is 14. The smallest absolute Gasteiger partial charge is 0.151 e. The summed E-state index contributed by atoms with van der Waals surface area (Å²) in [5.74, 6) is 1.62. The minimum Gasteiger partial charge on any atom is -0.453 e. The van der Waals surface area contributed by atoms with Crippen LogP contribution in [-0.4, -0.2) is 14.5 Å². The summed E-state index contributed by atoms with van der Waals surface area (Å²) in [6, 6.07) is 56.4. The van der Waals surface area contributed by atoms with Gasteiger partial charge in [0.1, 0.15) is 0 Å². The summed E-state index contributed by atoms with van der Waals surface area (Å²) in [7, 11) is 0. The van der Waals surface area contributed by atoms with E-state index in [1.165, 1.54) is 42.7 Å². The number of anilines is 3. The third kappa shape index (κ3) is 3.77. The fraction of sp³-hybridized carbons (Fsp3) is 0.0213. The molecule has 9 aromatic rings. The molecule has 5 heterocycles. The van der Waals surface area contributed by atoms with Gasteiger partial charge in [0, 0.05) is 37.9 Å². The quantitative estimate of drug-likeness (QED) is 0.180. The number of rotatable bonds is 2. The Morgan fingerprint density at radius 2 is 1.11 bits per heavy atom. The van der Waals surface area contributed by atoms with Gasteiger partial charge in [0.25, 0.3) is 0 Å². The van der Waals surface area contributed by atoms with Crippen molar-refractivity contribution in [3.8, 4) is 28.6 Å². The number of para-hydroxylation sites is 6. The van der Waals surface area contributed by atoms with Crippen molar-refractivity contribution in [3.05, 3.63) is 192 Å². The first kappa shape index (κ1) is 29.0. The molecule has 3 aromatic heterocycles. The van der Waals surface area contributed by atoms with Gasteiger partial charge >= 0.3 is 0 Å². The van der Waals surface area contributed by atoms with Crippen LogP contribution in [0.25, 0.3) is 38.9 Å². The van der Waals surface area contributed by atoms with Crippen molar-refractivity contribution in [2.75, 3.05) is 4.90 Å². The lowest BCUT2D eigenvalue weighted by atomic mass is 9.67. The largest absolute Gasteiger partial charge is 0.453 e. The highest BCUT2D eigenvalue weighted by Gasteiger charge is 2.53. The van der Waals surface area contributed by atoms with Gasteiger partial charge in [0.15, 0.2) is 11.5 Å². The van der Waals surface area contributed by atoms with Crippen molar-refractivity contribution in [2.24, 2.45) is 0 Å². The monoisotopic (exact) mass is 696 g/mol. The standard InChI is InChI=1S/C47H28N4OS/c1-4-17-35-30(13-1)31-14-2-5-18-36(31)51(35)39-21-11-25-43-44(39)47(32-15-3-10-24-42(32)53-43)33-16-12-26-48-45(33)46-34(47)27-29(28-49-46)50-37-19-6-8-22-40(37)52-41-23-9-7-20-38(41)50/h1-28H. The highest BCUT2D eigenvalue weighted by molar-refractivity contribution is 7.99. The van der Waals surface area contributed by atoms with Crippen molar-refractivity contribution in [1.82, 2.24) is 14.5 Å². The van der Waals surface area contributed by atoms with E-state index in [2.05, 4.69) is 143 Å². The van der Waals surface area contributed by atoms with Crippen LogP contribution in [0.3, 0.4) is 0 Å². The zero-order chi connectivity index (χ0) is 34.7. The molecule has 6 aromatic carbocycles. The lowest BCUT2D eigenvalue weighted by Crippen LogP contribution is -2.33. The highest BCUT2D eigenvalue weighted by Crippen LogP contribution is 2.63. The third-order valence-electron chi connectivity index (χ3n) is 11.1. The average Bonchev–Trinajstić information content (AvgIpc) is 3.70. The van der Waals surface area contributed by atoms with Crippen LogP contribution in [0.2, 0.25) is 0 Å². The van der Waals surface area contributed by atoms with Crippen LogP contribution in [0.4, 0.5) is 17.1 Å². The second-order valence-electron chi connectivity index (χ2n) is 13.7. The number of hydrogen-bond donors (Lipinski definition) is 0. The van der Waals surface area contributed by atoms with Crippen molar-refractivity contribution < 1.29 is 4.74 Å². The maximum Gasteiger partial charge on any atom is 0.151 e. The first-order valence-corrected chi connectivity index (χ1v) is 18.6. The lowest BCUT2D eigenvalue weighted by molar-refractivity contribution is 0.477. The van der Waals surface area contributed by atoms with E-state index >= 15 is 0 Å². The van der Waals surface area contributed by atoms with Gasteiger partial charge < -0.3 is 14.2 Å². The van der Waals surface area contributed by atoms with Gasteiger partial charge in [0.05, 0.1) is 56.8 Å². The van der Waals surface area contributed by atoms with Crippen molar-refractivity contribution in [2.45, 2.75) is 15.2 Å². The predicted octanol–water partition coefficient (Wildman–Crippen LogP) is 12.0. The molecular formula is C47H28N4OS. The Balaban J connectivity index is 1.22. The van der Waals surface area contributed by atoms with E-state index in [9.17, 15) is 0 Å². The molecule has 1 aliphatic carbocycles. The molecule has 2 aliphatic heterocycles. The predicted molar refractivity (Wildman–Crippen MR) is 213 cm³/mol. The molecule has 1 atom stereocenters. The van der Waals surface area contributed by atoms with E-state index in [0.29, 0.717) is 0 Å². The highest BCUT2D eigenvalue weighted by atomic mass is 32.2. The van der Waals surface area contributed by atoms with Gasteiger partial charge in [-0.15, -0.1) is 0 Å². The molecule has 0 saturated heterocycles. The van der Waals surface area contributed by atoms with Crippen molar-refractivity contribution in [3.63, 3.8) is 0 Å². The van der Waals surface area contributed by atoms with Gasteiger partial charge in [0.2, 0.25) is 0 Å². The summed E-state index contributed by atoms with van der Waals surface area (Å²) in [5, 5.41) is 2.47. The fourth-order valence-electron chi connectivity index (χ4n) is 9.10. The molecule has 0 saturated carbocycles. The van der Waals surface area contributed by atoms with Crippen LogP contribution in [0, 0.1) is 0 Å². The minimum absolute atomic E-state index is 0.715. The molecule has 0 fully saturated rings. The molecule has 1 spiro atoms. The molecule has 1 unspecified atom stereocenters. The summed E-state index contributed by atoms with van der Waals surface area (Å²) in [4.78, 5) is 15.2. The second-order valence-corrected chi connectivity index (χ2v) is 14.8. The van der Waals surface area contributed by atoms with Crippen LogP contribution in [0.15, 0.2) is 180 Å². The van der Waals surface area contributed by atoms with Gasteiger partial charge in [-0.1, -0.05) is 103 Å². The molecular weight excluding hydrogens is 669 g/mol. The first-order valence-electron chi connectivity index (χ1n) is 17.8. The summed E-state index contributed by atoms with van der Waals surface area (Å²) in [5.41, 5.74) is 12.3. The Hall–Kier alpha value is -6.63. The molecule has 5 nitrogen and oxygen atoms in total. The van der Waals surface area contributed by atoms with E-state index in [0.717, 1.165) is 56.8 Å². The average molecular weight is 697 g/mol. The molecule has 53 heavy (non-hydrogen) atoms. The minimum atomic E-state index is -0.715. The first-order chi connectivity index (χ1) is 26.3. The molecule has 0 N–H and O–H groups in total. The molecule has 0 amide bonds.